The number of nitro benzene ring substituents is 1. The van der Waals surface area contributed by atoms with Crippen molar-refractivity contribution in [2.24, 2.45) is 10.2 Å². The fourth-order valence-corrected chi connectivity index (χ4v) is 4.49. The highest BCUT2D eigenvalue weighted by atomic mass is 32.2. The largest absolute Gasteiger partial charge is 0.379 e. The van der Waals surface area contributed by atoms with E-state index in [0.29, 0.717) is 16.4 Å². The average Bonchev–Trinajstić information content (AvgIpc) is 3.29. The van der Waals surface area contributed by atoms with Gasteiger partial charge in [-0.2, -0.15) is 13.5 Å². The fourth-order valence-electron chi connectivity index (χ4n) is 2.84. The third-order valence-electron chi connectivity index (χ3n) is 4.47. The van der Waals surface area contributed by atoms with E-state index in [1.807, 2.05) is 0 Å². The Morgan fingerprint density at radius 2 is 1.67 bits per heavy atom. The number of aromatic nitrogens is 1. The van der Waals surface area contributed by atoms with E-state index in [1.165, 1.54) is 35.6 Å². The number of azo groups is 1. The summed E-state index contributed by atoms with van der Waals surface area (Å²) in [6, 6.07) is 20.6. The van der Waals surface area contributed by atoms with Crippen molar-refractivity contribution in [1.82, 2.24) is 4.98 Å². The number of non-ortho nitro benzene ring substituents is 1. The summed E-state index contributed by atoms with van der Waals surface area (Å²) >= 11 is 1.27. The molecule has 0 fully saturated rings. The van der Waals surface area contributed by atoms with Crippen molar-refractivity contribution in [3.8, 4) is 17.0 Å². The predicted octanol–water partition coefficient (Wildman–Crippen LogP) is 5.77. The first-order valence-electron chi connectivity index (χ1n) is 9.58. The minimum absolute atomic E-state index is 0.00375. The molecule has 0 bridgehead atoms. The van der Waals surface area contributed by atoms with Crippen molar-refractivity contribution in [3.63, 3.8) is 0 Å². The van der Waals surface area contributed by atoms with Gasteiger partial charge in [0, 0.05) is 28.6 Å². The van der Waals surface area contributed by atoms with Gasteiger partial charge >= 0.3 is 10.1 Å². The van der Waals surface area contributed by atoms with E-state index in [0.717, 1.165) is 5.56 Å². The van der Waals surface area contributed by atoms with Crippen molar-refractivity contribution in [2.75, 3.05) is 0 Å². The Morgan fingerprint density at radius 1 is 0.970 bits per heavy atom. The zero-order valence-electron chi connectivity index (χ0n) is 16.9. The van der Waals surface area contributed by atoms with Crippen molar-refractivity contribution in [3.05, 3.63) is 99.9 Å². The lowest BCUT2D eigenvalue weighted by Crippen LogP contribution is -2.10. The molecule has 0 N–H and O–H groups in total. The molecule has 166 valence electrons. The topological polar surface area (TPSA) is 124 Å². The quantitative estimate of drug-likeness (QED) is 0.136. The summed E-state index contributed by atoms with van der Waals surface area (Å²) in [5, 5.41) is 21.2. The smallest absolute Gasteiger partial charge is 0.339 e. The lowest BCUT2D eigenvalue weighted by Gasteiger charge is -2.09. The Balaban J connectivity index is 1.46. The Kier molecular flexibility index (Phi) is 6.52. The molecule has 0 amide bonds. The van der Waals surface area contributed by atoms with Crippen molar-refractivity contribution in [1.29, 1.82) is 0 Å². The molecule has 3 aromatic carbocycles. The van der Waals surface area contributed by atoms with Crippen molar-refractivity contribution in [2.45, 2.75) is 11.4 Å². The molecule has 1 heterocycles. The Hall–Kier alpha value is -3.96. The molecule has 0 spiro atoms. The summed E-state index contributed by atoms with van der Waals surface area (Å²) < 4.78 is 30.4. The fraction of sp³-hybridized carbons (Fsp3) is 0.0455. The number of hydrogen-bond acceptors (Lipinski definition) is 9. The molecule has 0 aliphatic rings. The number of benzene rings is 3. The third kappa shape index (κ3) is 5.45. The summed E-state index contributed by atoms with van der Waals surface area (Å²) in [6.07, 6.45) is 0. The lowest BCUT2D eigenvalue weighted by molar-refractivity contribution is -0.384. The summed E-state index contributed by atoms with van der Waals surface area (Å²) in [7, 11) is -3.97. The molecule has 4 rings (SSSR count). The molecular weight excluding hydrogens is 464 g/mol. The van der Waals surface area contributed by atoms with E-state index in [4.69, 9.17) is 4.18 Å². The molecule has 0 radical (unpaired) electrons. The molecule has 0 unspecified atom stereocenters. The molecule has 0 saturated carbocycles. The second kappa shape index (κ2) is 9.67. The highest BCUT2D eigenvalue weighted by molar-refractivity contribution is 7.87. The first-order chi connectivity index (χ1) is 15.9. The van der Waals surface area contributed by atoms with Crippen LogP contribution in [0.2, 0.25) is 0 Å². The summed E-state index contributed by atoms with van der Waals surface area (Å²) in [4.78, 5) is 14.7. The lowest BCUT2D eigenvalue weighted by atomic mass is 10.1. The minimum atomic E-state index is -3.97. The standard InChI is InChI=1S/C22H16N4O5S2/c27-26(28)18-12-10-16(11-13-18)20-15-32-22(24-20)25-23-14-17-6-4-5-9-21(17)31-33(29,30)19-7-2-1-3-8-19/h1-13,15H,14H2. The van der Waals surface area contributed by atoms with Gasteiger partial charge in [-0.3, -0.25) is 10.1 Å². The van der Waals surface area contributed by atoms with Gasteiger partial charge in [0.15, 0.2) is 0 Å². The maximum Gasteiger partial charge on any atom is 0.339 e. The maximum atomic E-state index is 12.5. The van der Waals surface area contributed by atoms with Crippen LogP contribution < -0.4 is 4.18 Å². The van der Waals surface area contributed by atoms with Crippen LogP contribution in [0, 0.1) is 10.1 Å². The molecule has 0 atom stereocenters. The van der Waals surface area contributed by atoms with Gasteiger partial charge in [0.25, 0.3) is 5.69 Å². The second-order valence-electron chi connectivity index (χ2n) is 6.68. The number of nitrogens with zero attached hydrogens (tertiary/aromatic N) is 4. The zero-order chi connectivity index (χ0) is 23.3. The van der Waals surface area contributed by atoms with E-state index < -0.39 is 15.0 Å². The molecule has 0 saturated heterocycles. The Labute approximate surface area is 193 Å². The van der Waals surface area contributed by atoms with E-state index in [-0.39, 0.29) is 22.9 Å². The monoisotopic (exact) mass is 480 g/mol. The van der Waals surface area contributed by atoms with Gasteiger partial charge < -0.3 is 4.18 Å². The predicted molar refractivity (Wildman–Crippen MR) is 123 cm³/mol. The van der Waals surface area contributed by atoms with E-state index in [1.54, 1.807) is 60.0 Å². The summed E-state index contributed by atoms with van der Waals surface area (Å²) in [5.41, 5.74) is 1.90. The first-order valence-corrected chi connectivity index (χ1v) is 11.9. The number of nitro groups is 1. The Morgan fingerprint density at radius 3 is 2.39 bits per heavy atom. The summed E-state index contributed by atoms with van der Waals surface area (Å²) in [5.74, 6) is 0.172. The van der Waals surface area contributed by atoms with Crippen LogP contribution in [0.5, 0.6) is 5.75 Å². The molecule has 11 heteroatoms. The van der Waals surface area contributed by atoms with Gasteiger partial charge in [-0.25, -0.2) is 4.98 Å². The molecule has 9 nitrogen and oxygen atoms in total. The SMILES string of the molecule is O=[N+]([O-])c1ccc(-c2csc(N=NCc3ccccc3OS(=O)(=O)c3ccccc3)n2)cc1. The van der Waals surface area contributed by atoms with Gasteiger partial charge in [-0.15, -0.1) is 16.5 Å². The van der Waals surface area contributed by atoms with Gasteiger partial charge in [-0.05, 0) is 30.3 Å². The number of para-hydroxylation sites is 1. The van der Waals surface area contributed by atoms with Gasteiger partial charge in [0.05, 0.1) is 17.2 Å². The maximum absolute atomic E-state index is 12.5. The summed E-state index contributed by atoms with van der Waals surface area (Å²) in [6.45, 7) is 0.0902. The molecule has 33 heavy (non-hydrogen) atoms. The molecule has 0 aliphatic heterocycles. The second-order valence-corrected chi connectivity index (χ2v) is 9.06. The third-order valence-corrected chi connectivity index (χ3v) is 6.44. The van der Waals surface area contributed by atoms with Crippen LogP contribution in [0.3, 0.4) is 0 Å². The van der Waals surface area contributed by atoms with Crippen molar-refractivity contribution < 1.29 is 17.5 Å². The number of hydrogen-bond donors (Lipinski definition) is 0. The van der Waals surface area contributed by atoms with Crippen LogP contribution in [-0.4, -0.2) is 18.3 Å². The van der Waals surface area contributed by atoms with E-state index in [2.05, 4.69) is 15.2 Å². The molecule has 1 aromatic heterocycles. The van der Waals surface area contributed by atoms with E-state index in [9.17, 15) is 18.5 Å². The van der Waals surface area contributed by atoms with Crippen LogP contribution in [0.15, 0.2) is 99.4 Å². The highest BCUT2D eigenvalue weighted by Gasteiger charge is 2.18. The van der Waals surface area contributed by atoms with Crippen molar-refractivity contribution >= 4 is 32.3 Å². The van der Waals surface area contributed by atoms with Crippen LogP contribution in [-0.2, 0) is 16.7 Å². The van der Waals surface area contributed by atoms with E-state index >= 15 is 0 Å². The first kappa shape index (κ1) is 22.2. The minimum Gasteiger partial charge on any atom is -0.379 e. The van der Waals surface area contributed by atoms with Crippen LogP contribution in [0.1, 0.15) is 5.56 Å². The average molecular weight is 481 g/mol. The normalized spacial score (nSPS) is 11.5. The number of rotatable bonds is 8. The van der Waals surface area contributed by atoms with Crippen LogP contribution >= 0.6 is 11.3 Å². The molecular formula is C22H16N4O5S2. The van der Waals surface area contributed by atoms with Gasteiger partial charge in [0.2, 0.25) is 5.13 Å². The molecule has 0 aliphatic carbocycles. The Bertz CT molecular complexity index is 1400. The van der Waals surface area contributed by atoms with Gasteiger partial charge in [-0.1, -0.05) is 36.4 Å². The van der Waals surface area contributed by atoms with Crippen LogP contribution in [0.4, 0.5) is 10.8 Å². The zero-order valence-corrected chi connectivity index (χ0v) is 18.6. The number of thiazole rings is 1. The van der Waals surface area contributed by atoms with Crippen LogP contribution in [0.25, 0.3) is 11.3 Å². The molecule has 4 aromatic rings. The highest BCUT2D eigenvalue weighted by Crippen LogP contribution is 2.29. The van der Waals surface area contributed by atoms with Gasteiger partial charge in [0.1, 0.15) is 10.6 Å².